The average molecular weight is 396 g/mol. The van der Waals surface area contributed by atoms with E-state index in [0.29, 0.717) is 0 Å². The molecule has 1 aromatic carbocycles. The molecular formula is C17H20N2O9. The first-order valence-electron chi connectivity index (χ1n) is 8.31. The molecule has 0 bridgehead atoms. The number of hydrogen-bond donors (Lipinski definition) is 2. The molecule has 1 rings (SSSR count). The Morgan fingerprint density at radius 2 is 1.82 bits per heavy atom. The second-order valence-electron chi connectivity index (χ2n) is 5.46. The molecule has 2 N–H and O–H groups in total. The van der Waals surface area contributed by atoms with Gasteiger partial charge in [0.25, 0.3) is 11.6 Å². The molecule has 0 saturated heterocycles. The van der Waals surface area contributed by atoms with E-state index >= 15 is 0 Å². The number of ether oxygens (including phenoxy) is 2. The molecule has 28 heavy (non-hydrogen) atoms. The van der Waals surface area contributed by atoms with Gasteiger partial charge in [-0.25, -0.2) is 4.79 Å². The largest absolute Gasteiger partial charge is 0.480 e. The summed E-state index contributed by atoms with van der Waals surface area (Å²) < 4.78 is 9.54. The molecule has 0 spiro atoms. The molecule has 0 unspecified atom stereocenters. The van der Waals surface area contributed by atoms with E-state index in [0.717, 1.165) is 12.1 Å². The van der Waals surface area contributed by atoms with Crippen LogP contribution in [0.2, 0.25) is 0 Å². The highest BCUT2D eigenvalue weighted by Gasteiger charge is 2.38. The van der Waals surface area contributed by atoms with Gasteiger partial charge in [-0.2, -0.15) is 0 Å². The Kier molecular flexibility index (Phi) is 8.53. The number of amides is 1. The van der Waals surface area contributed by atoms with Crippen LogP contribution in [0.15, 0.2) is 24.3 Å². The van der Waals surface area contributed by atoms with Crippen LogP contribution in [0.25, 0.3) is 0 Å². The van der Waals surface area contributed by atoms with Gasteiger partial charge in [0.1, 0.15) is 6.04 Å². The molecule has 0 aliphatic heterocycles. The molecule has 0 radical (unpaired) electrons. The van der Waals surface area contributed by atoms with Gasteiger partial charge in [-0.1, -0.05) is 6.07 Å². The molecule has 2 atom stereocenters. The van der Waals surface area contributed by atoms with Gasteiger partial charge in [-0.15, -0.1) is 0 Å². The Morgan fingerprint density at radius 3 is 2.36 bits per heavy atom. The molecule has 0 heterocycles. The molecule has 11 heteroatoms. The van der Waals surface area contributed by atoms with Crippen molar-refractivity contribution in [3.63, 3.8) is 0 Å². The number of nitro benzene ring substituents is 1. The first-order chi connectivity index (χ1) is 13.2. The van der Waals surface area contributed by atoms with Crippen molar-refractivity contribution < 1.29 is 38.7 Å². The number of carbonyl (C=O) groups excluding carboxylic acids is 3. The summed E-state index contributed by atoms with van der Waals surface area (Å²) in [5, 5.41) is 22.4. The lowest BCUT2D eigenvalue weighted by atomic mass is 9.95. The quantitative estimate of drug-likeness (QED) is 0.332. The van der Waals surface area contributed by atoms with Gasteiger partial charge in [0.2, 0.25) is 0 Å². The Bertz CT molecular complexity index is 763. The highest BCUT2D eigenvalue weighted by molar-refractivity contribution is 5.98. The lowest BCUT2D eigenvalue weighted by Crippen LogP contribution is -2.49. The fraction of sp³-hybridized carbons (Fsp3) is 0.412. The highest BCUT2D eigenvalue weighted by atomic mass is 16.6. The molecule has 0 fully saturated rings. The van der Waals surface area contributed by atoms with E-state index in [1.807, 2.05) is 0 Å². The number of carboxylic acid groups (broad SMARTS) is 1. The SMILES string of the molecule is CCOC(=O)C[C@H](C(=O)OCC)[C@@H](NC(=O)c1cccc([N+](=O)[O-])c1)C(=O)O. The number of nitrogens with zero attached hydrogens (tertiary/aromatic N) is 1. The molecular weight excluding hydrogens is 376 g/mol. The summed E-state index contributed by atoms with van der Waals surface area (Å²) in [6, 6.07) is 2.80. The molecule has 0 aromatic heterocycles. The number of nitrogens with one attached hydrogen (secondary N) is 1. The minimum absolute atomic E-state index is 0.0200. The first kappa shape index (κ1) is 22.5. The van der Waals surface area contributed by atoms with Crippen LogP contribution >= 0.6 is 0 Å². The van der Waals surface area contributed by atoms with Gasteiger partial charge < -0.3 is 19.9 Å². The van der Waals surface area contributed by atoms with Crippen molar-refractivity contribution >= 4 is 29.5 Å². The minimum Gasteiger partial charge on any atom is -0.480 e. The Balaban J connectivity index is 3.12. The van der Waals surface area contributed by atoms with E-state index in [4.69, 9.17) is 9.47 Å². The van der Waals surface area contributed by atoms with Gasteiger partial charge >= 0.3 is 17.9 Å². The molecule has 0 aliphatic rings. The number of benzene rings is 1. The summed E-state index contributed by atoms with van der Waals surface area (Å²) in [7, 11) is 0. The predicted octanol–water partition coefficient (Wildman–Crippen LogP) is 0.910. The van der Waals surface area contributed by atoms with Crippen molar-refractivity contribution in [1.29, 1.82) is 0 Å². The fourth-order valence-electron chi connectivity index (χ4n) is 2.31. The van der Waals surface area contributed by atoms with E-state index in [9.17, 15) is 34.4 Å². The molecule has 11 nitrogen and oxygen atoms in total. The van der Waals surface area contributed by atoms with Crippen LogP contribution in [0.4, 0.5) is 5.69 Å². The summed E-state index contributed by atoms with van der Waals surface area (Å²) >= 11 is 0. The zero-order valence-corrected chi connectivity index (χ0v) is 15.2. The number of rotatable bonds is 10. The van der Waals surface area contributed by atoms with Crippen LogP contribution in [0, 0.1) is 16.0 Å². The third-order valence-electron chi connectivity index (χ3n) is 3.56. The van der Waals surface area contributed by atoms with Gasteiger partial charge in [0.05, 0.1) is 30.5 Å². The zero-order chi connectivity index (χ0) is 21.3. The van der Waals surface area contributed by atoms with Crippen molar-refractivity contribution in [3.8, 4) is 0 Å². The van der Waals surface area contributed by atoms with E-state index in [2.05, 4.69) is 5.32 Å². The number of hydrogen-bond acceptors (Lipinski definition) is 8. The maximum absolute atomic E-state index is 12.4. The number of aliphatic carboxylic acids is 1. The molecule has 0 saturated carbocycles. The monoisotopic (exact) mass is 396 g/mol. The van der Waals surface area contributed by atoms with Gasteiger partial charge in [0, 0.05) is 17.7 Å². The van der Waals surface area contributed by atoms with Crippen LogP contribution in [-0.2, 0) is 23.9 Å². The van der Waals surface area contributed by atoms with E-state index < -0.39 is 47.1 Å². The second-order valence-corrected chi connectivity index (χ2v) is 5.46. The molecule has 1 aromatic rings. The molecule has 0 aliphatic carbocycles. The van der Waals surface area contributed by atoms with Gasteiger partial charge in [-0.3, -0.25) is 24.5 Å². The Labute approximate surface area is 159 Å². The predicted molar refractivity (Wildman–Crippen MR) is 93.4 cm³/mol. The van der Waals surface area contributed by atoms with Crippen molar-refractivity contribution in [1.82, 2.24) is 5.32 Å². The van der Waals surface area contributed by atoms with Gasteiger partial charge in [-0.05, 0) is 19.9 Å². The maximum Gasteiger partial charge on any atom is 0.327 e. The van der Waals surface area contributed by atoms with E-state index in [-0.39, 0.29) is 24.5 Å². The van der Waals surface area contributed by atoms with Crippen LogP contribution in [0.1, 0.15) is 30.6 Å². The summed E-state index contributed by atoms with van der Waals surface area (Å²) in [6.07, 6.45) is -0.626. The third-order valence-corrected chi connectivity index (χ3v) is 3.56. The van der Waals surface area contributed by atoms with E-state index in [1.165, 1.54) is 26.0 Å². The smallest absolute Gasteiger partial charge is 0.327 e. The number of nitro groups is 1. The Hall–Kier alpha value is -3.50. The number of carboxylic acids is 1. The first-order valence-corrected chi connectivity index (χ1v) is 8.31. The lowest BCUT2D eigenvalue weighted by Gasteiger charge is -2.22. The highest BCUT2D eigenvalue weighted by Crippen LogP contribution is 2.17. The van der Waals surface area contributed by atoms with Crippen molar-refractivity contribution in [3.05, 3.63) is 39.9 Å². The lowest BCUT2D eigenvalue weighted by molar-refractivity contribution is -0.384. The number of esters is 2. The van der Waals surface area contributed by atoms with Crippen LogP contribution in [0.5, 0.6) is 0 Å². The average Bonchev–Trinajstić information content (AvgIpc) is 2.64. The third kappa shape index (κ3) is 6.34. The summed E-state index contributed by atoms with van der Waals surface area (Å²) in [6.45, 7) is 2.99. The summed E-state index contributed by atoms with van der Waals surface area (Å²) in [5.74, 6) is -5.92. The van der Waals surface area contributed by atoms with Gasteiger partial charge in [0.15, 0.2) is 0 Å². The van der Waals surface area contributed by atoms with Crippen LogP contribution < -0.4 is 5.32 Å². The number of carbonyl (C=O) groups is 4. The Morgan fingerprint density at radius 1 is 1.18 bits per heavy atom. The maximum atomic E-state index is 12.4. The molecule has 1 amide bonds. The molecule has 152 valence electrons. The second kappa shape index (κ2) is 10.6. The van der Waals surface area contributed by atoms with Crippen LogP contribution in [0.3, 0.4) is 0 Å². The summed E-state index contributed by atoms with van der Waals surface area (Å²) in [5.41, 5.74) is -0.549. The van der Waals surface area contributed by atoms with Crippen molar-refractivity contribution in [2.24, 2.45) is 5.92 Å². The normalized spacial score (nSPS) is 12.4. The number of non-ortho nitro benzene ring substituents is 1. The minimum atomic E-state index is -1.81. The van der Waals surface area contributed by atoms with E-state index in [1.54, 1.807) is 0 Å². The van der Waals surface area contributed by atoms with Crippen molar-refractivity contribution in [2.75, 3.05) is 13.2 Å². The van der Waals surface area contributed by atoms with Crippen LogP contribution in [-0.4, -0.2) is 53.1 Å². The fourth-order valence-corrected chi connectivity index (χ4v) is 2.31. The zero-order valence-electron chi connectivity index (χ0n) is 15.2. The standard InChI is InChI=1S/C17H20N2O9/c1-3-27-13(20)9-12(17(24)28-4-2)14(16(22)23)18-15(21)10-6-5-7-11(8-10)19(25)26/h5-8,12,14H,3-4,9H2,1-2H3,(H,18,21)(H,22,23)/t12-,14+/m0/s1. The van der Waals surface area contributed by atoms with Crippen molar-refractivity contribution in [2.45, 2.75) is 26.3 Å². The topological polar surface area (TPSA) is 162 Å². The summed E-state index contributed by atoms with van der Waals surface area (Å²) in [4.78, 5) is 58.0.